The Morgan fingerprint density at radius 3 is 2.48 bits per heavy atom. The van der Waals surface area contributed by atoms with E-state index in [1.807, 2.05) is 19.3 Å². The van der Waals surface area contributed by atoms with Crippen LogP contribution in [0.15, 0.2) is 65.7 Å². The highest BCUT2D eigenvalue weighted by Gasteiger charge is 2.12. The zero-order chi connectivity index (χ0) is 14.7. The van der Waals surface area contributed by atoms with Gasteiger partial charge in [-0.1, -0.05) is 24.3 Å². The number of pyridine rings is 1. The molecular weight excluding hydrogens is 276 g/mol. The Kier molecular flexibility index (Phi) is 4.23. The van der Waals surface area contributed by atoms with E-state index in [0.29, 0.717) is 0 Å². The summed E-state index contributed by atoms with van der Waals surface area (Å²) in [4.78, 5) is 5.67. The number of hydrogen-bond donors (Lipinski definition) is 1. The number of benzene rings is 2. The van der Waals surface area contributed by atoms with E-state index < -0.39 is 0 Å². The van der Waals surface area contributed by atoms with Crippen molar-refractivity contribution in [2.24, 2.45) is 0 Å². The first-order valence-electron chi connectivity index (χ1n) is 6.97. The third-order valence-corrected chi connectivity index (χ3v) is 4.44. The summed E-state index contributed by atoms with van der Waals surface area (Å²) in [6, 6.07) is 19.5. The Bertz CT molecular complexity index is 738. The molecule has 3 heteroatoms. The van der Waals surface area contributed by atoms with Crippen LogP contribution < -0.4 is 5.32 Å². The normalized spacial score (nSPS) is 12.5. The van der Waals surface area contributed by atoms with E-state index in [-0.39, 0.29) is 6.04 Å². The standard InChI is InChI=1S/C18H18N2S/c1-19-18(13-5-8-16(21-2)9-6-13)15-7-10-17-14(12-15)4-3-11-20-17/h3-12,18-19H,1-2H3. The van der Waals surface area contributed by atoms with E-state index in [9.17, 15) is 0 Å². The highest BCUT2D eigenvalue weighted by atomic mass is 32.2. The molecule has 2 aromatic carbocycles. The van der Waals surface area contributed by atoms with Gasteiger partial charge in [-0.05, 0) is 54.8 Å². The van der Waals surface area contributed by atoms with E-state index in [1.165, 1.54) is 21.4 Å². The molecule has 106 valence electrons. The molecule has 0 aliphatic carbocycles. The maximum atomic E-state index is 4.38. The SMILES string of the molecule is CNC(c1ccc(SC)cc1)c1ccc2ncccc2c1. The van der Waals surface area contributed by atoms with E-state index in [0.717, 1.165) is 5.52 Å². The first-order valence-corrected chi connectivity index (χ1v) is 8.20. The van der Waals surface area contributed by atoms with Crippen molar-refractivity contribution in [1.29, 1.82) is 0 Å². The van der Waals surface area contributed by atoms with Gasteiger partial charge in [0.2, 0.25) is 0 Å². The van der Waals surface area contributed by atoms with Gasteiger partial charge in [-0.15, -0.1) is 11.8 Å². The molecule has 0 bridgehead atoms. The van der Waals surface area contributed by atoms with Crippen LogP contribution in [0.25, 0.3) is 10.9 Å². The summed E-state index contributed by atoms with van der Waals surface area (Å²) >= 11 is 1.77. The highest BCUT2D eigenvalue weighted by Crippen LogP contribution is 2.26. The predicted molar refractivity (Wildman–Crippen MR) is 90.9 cm³/mol. The highest BCUT2D eigenvalue weighted by molar-refractivity contribution is 7.98. The van der Waals surface area contributed by atoms with Crippen LogP contribution in [0.4, 0.5) is 0 Å². The molecule has 2 nitrogen and oxygen atoms in total. The zero-order valence-electron chi connectivity index (χ0n) is 12.2. The van der Waals surface area contributed by atoms with Gasteiger partial charge < -0.3 is 5.32 Å². The first kappa shape index (κ1) is 14.1. The van der Waals surface area contributed by atoms with Gasteiger partial charge in [0.1, 0.15) is 0 Å². The first-order chi connectivity index (χ1) is 10.3. The fourth-order valence-corrected chi connectivity index (χ4v) is 3.00. The van der Waals surface area contributed by atoms with Gasteiger partial charge in [-0.2, -0.15) is 0 Å². The summed E-state index contributed by atoms with van der Waals surface area (Å²) in [6.45, 7) is 0. The maximum Gasteiger partial charge on any atom is 0.0702 e. The third-order valence-electron chi connectivity index (χ3n) is 3.70. The maximum absolute atomic E-state index is 4.38. The number of rotatable bonds is 4. The van der Waals surface area contributed by atoms with Crippen LogP contribution in [0, 0.1) is 0 Å². The van der Waals surface area contributed by atoms with Crippen LogP contribution in [-0.2, 0) is 0 Å². The Morgan fingerprint density at radius 1 is 1.00 bits per heavy atom. The Balaban J connectivity index is 2.00. The molecule has 0 spiro atoms. The van der Waals surface area contributed by atoms with E-state index in [2.05, 4.69) is 65.1 Å². The second-order valence-corrected chi connectivity index (χ2v) is 5.83. The van der Waals surface area contributed by atoms with Gasteiger partial charge in [-0.3, -0.25) is 4.98 Å². The molecule has 0 amide bonds. The second-order valence-electron chi connectivity index (χ2n) is 4.95. The molecule has 21 heavy (non-hydrogen) atoms. The van der Waals surface area contributed by atoms with E-state index in [1.54, 1.807) is 11.8 Å². The minimum Gasteiger partial charge on any atom is -0.309 e. The number of nitrogens with one attached hydrogen (secondary N) is 1. The molecule has 1 atom stereocenters. The average Bonchev–Trinajstić information content (AvgIpc) is 2.56. The van der Waals surface area contributed by atoms with Crippen molar-refractivity contribution in [3.05, 3.63) is 71.9 Å². The monoisotopic (exact) mass is 294 g/mol. The van der Waals surface area contributed by atoms with E-state index >= 15 is 0 Å². The predicted octanol–water partition coefficient (Wildman–Crippen LogP) is 4.27. The lowest BCUT2D eigenvalue weighted by Gasteiger charge is -2.18. The summed E-state index contributed by atoms with van der Waals surface area (Å²) in [6.07, 6.45) is 3.93. The quantitative estimate of drug-likeness (QED) is 0.728. The summed E-state index contributed by atoms with van der Waals surface area (Å²) < 4.78 is 0. The largest absolute Gasteiger partial charge is 0.309 e. The fraction of sp³-hybridized carbons (Fsp3) is 0.167. The van der Waals surface area contributed by atoms with Gasteiger partial charge in [-0.25, -0.2) is 0 Å². The van der Waals surface area contributed by atoms with Gasteiger partial charge in [0, 0.05) is 16.5 Å². The molecule has 0 radical (unpaired) electrons. The lowest BCUT2D eigenvalue weighted by Crippen LogP contribution is -2.17. The molecule has 0 saturated carbocycles. The topological polar surface area (TPSA) is 24.9 Å². The second kappa shape index (κ2) is 6.29. The summed E-state index contributed by atoms with van der Waals surface area (Å²) in [7, 11) is 2.00. The van der Waals surface area contributed by atoms with Crippen LogP contribution in [-0.4, -0.2) is 18.3 Å². The molecule has 1 unspecified atom stereocenters. The number of thioether (sulfide) groups is 1. The smallest absolute Gasteiger partial charge is 0.0702 e. The van der Waals surface area contributed by atoms with Gasteiger partial charge in [0.05, 0.1) is 11.6 Å². The van der Waals surface area contributed by atoms with Gasteiger partial charge >= 0.3 is 0 Å². The third kappa shape index (κ3) is 2.94. The van der Waals surface area contributed by atoms with Crippen LogP contribution >= 0.6 is 11.8 Å². The summed E-state index contributed by atoms with van der Waals surface area (Å²) in [5, 5.41) is 4.59. The van der Waals surface area contributed by atoms with Crippen LogP contribution in [0.3, 0.4) is 0 Å². The van der Waals surface area contributed by atoms with Gasteiger partial charge in [0.25, 0.3) is 0 Å². The van der Waals surface area contributed by atoms with Crippen molar-refractivity contribution >= 4 is 22.7 Å². The molecule has 1 aromatic heterocycles. The average molecular weight is 294 g/mol. The number of fused-ring (bicyclic) bond motifs is 1. The van der Waals surface area contributed by atoms with Crippen molar-refractivity contribution in [3.8, 4) is 0 Å². The molecule has 0 saturated heterocycles. The number of nitrogens with zero attached hydrogens (tertiary/aromatic N) is 1. The van der Waals surface area contributed by atoms with Crippen LogP contribution in [0.1, 0.15) is 17.2 Å². The molecule has 3 rings (SSSR count). The van der Waals surface area contributed by atoms with Crippen molar-refractivity contribution in [2.45, 2.75) is 10.9 Å². The minimum absolute atomic E-state index is 0.200. The Labute approximate surface area is 129 Å². The Hall–Kier alpha value is -1.84. The summed E-state index contributed by atoms with van der Waals surface area (Å²) in [5.74, 6) is 0. The Morgan fingerprint density at radius 2 is 1.76 bits per heavy atom. The van der Waals surface area contributed by atoms with Crippen molar-refractivity contribution < 1.29 is 0 Å². The molecule has 1 N–H and O–H groups in total. The lowest BCUT2D eigenvalue weighted by atomic mass is 9.97. The fourth-order valence-electron chi connectivity index (χ4n) is 2.60. The molecule has 0 fully saturated rings. The molecule has 1 heterocycles. The van der Waals surface area contributed by atoms with E-state index in [4.69, 9.17) is 0 Å². The van der Waals surface area contributed by atoms with Crippen LogP contribution in [0.2, 0.25) is 0 Å². The molecule has 3 aromatic rings. The molecule has 0 aliphatic heterocycles. The van der Waals surface area contributed by atoms with Crippen molar-refractivity contribution in [1.82, 2.24) is 10.3 Å². The van der Waals surface area contributed by atoms with Gasteiger partial charge in [0.15, 0.2) is 0 Å². The number of aromatic nitrogens is 1. The molecular formula is C18H18N2S. The van der Waals surface area contributed by atoms with Crippen molar-refractivity contribution in [2.75, 3.05) is 13.3 Å². The van der Waals surface area contributed by atoms with Crippen LogP contribution in [0.5, 0.6) is 0 Å². The van der Waals surface area contributed by atoms with Crippen molar-refractivity contribution in [3.63, 3.8) is 0 Å². The zero-order valence-corrected chi connectivity index (χ0v) is 13.0. The minimum atomic E-state index is 0.200. The lowest BCUT2D eigenvalue weighted by molar-refractivity contribution is 0.692. The summed E-state index contributed by atoms with van der Waals surface area (Å²) in [5.41, 5.74) is 3.57. The number of hydrogen-bond acceptors (Lipinski definition) is 3. The molecule has 0 aliphatic rings.